The lowest BCUT2D eigenvalue weighted by Crippen LogP contribution is -2.53. The van der Waals surface area contributed by atoms with Crippen LogP contribution in [0.4, 0.5) is 4.39 Å². The summed E-state index contributed by atoms with van der Waals surface area (Å²) in [5, 5.41) is 3.13. The van der Waals surface area contributed by atoms with Crippen LogP contribution in [-0.4, -0.2) is 35.4 Å². The number of hydrogen-bond acceptors (Lipinski definition) is 3. The standard InChI is InChI=1S/C24H30ClFN2O3/c1-6-21(23(30)27-24(2,3)4)28(15-16-9-7-10-17(13-16)31-5)22(29)14-18-19(25)11-8-12-20(18)26/h7-13,21H,6,14-15H2,1-5H3,(H,27,30)/t21-/m1/s1. The average Bonchev–Trinajstić information content (AvgIpc) is 2.69. The number of carbonyl (C=O) groups excluding carboxylic acids is 2. The molecule has 0 heterocycles. The third-order valence-corrected chi connectivity index (χ3v) is 5.11. The van der Waals surface area contributed by atoms with Crippen LogP contribution in [0, 0.1) is 5.82 Å². The van der Waals surface area contributed by atoms with Crippen LogP contribution in [0.5, 0.6) is 5.75 Å². The minimum absolute atomic E-state index is 0.121. The van der Waals surface area contributed by atoms with Crippen molar-refractivity contribution in [2.75, 3.05) is 7.11 Å². The van der Waals surface area contributed by atoms with E-state index in [0.717, 1.165) is 5.56 Å². The third-order valence-electron chi connectivity index (χ3n) is 4.76. The van der Waals surface area contributed by atoms with E-state index in [0.29, 0.717) is 12.2 Å². The Labute approximate surface area is 188 Å². The molecule has 1 atom stereocenters. The predicted octanol–water partition coefficient (Wildman–Crippen LogP) is 4.75. The van der Waals surface area contributed by atoms with Crippen molar-refractivity contribution >= 4 is 23.4 Å². The zero-order valence-corrected chi connectivity index (χ0v) is 19.4. The Kier molecular flexibility index (Phi) is 8.45. The first-order valence-electron chi connectivity index (χ1n) is 10.2. The molecule has 168 valence electrons. The molecule has 0 aromatic heterocycles. The van der Waals surface area contributed by atoms with Gasteiger partial charge >= 0.3 is 0 Å². The summed E-state index contributed by atoms with van der Waals surface area (Å²) >= 11 is 6.13. The van der Waals surface area contributed by atoms with Gasteiger partial charge in [0.15, 0.2) is 0 Å². The Morgan fingerprint density at radius 2 is 1.87 bits per heavy atom. The minimum atomic E-state index is -0.719. The second-order valence-corrected chi connectivity index (χ2v) is 8.82. The quantitative estimate of drug-likeness (QED) is 0.633. The normalized spacial score (nSPS) is 12.2. The van der Waals surface area contributed by atoms with Gasteiger partial charge in [-0.05, 0) is 57.0 Å². The molecule has 0 aliphatic carbocycles. The lowest BCUT2D eigenvalue weighted by atomic mass is 10.0. The van der Waals surface area contributed by atoms with Gasteiger partial charge in [0, 0.05) is 22.7 Å². The zero-order valence-electron chi connectivity index (χ0n) is 18.7. The van der Waals surface area contributed by atoms with E-state index in [4.69, 9.17) is 16.3 Å². The van der Waals surface area contributed by atoms with E-state index in [9.17, 15) is 14.0 Å². The van der Waals surface area contributed by atoms with Crippen molar-refractivity contribution < 1.29 is 18.7 Å². The van der Waals surface area contributed by atoms with Gasteiger partial charge in [-0.25, -0.2) is 4.39 Å². The maximum absolute atomic E-state index is 14.3. The van der Waals surface area contributed by atoms with E-state index in [1.165, 1.54) is 17.0 Å². The van der Waals surface area contributed by atoms with E-state index >= 15 is 0 Å². The Hall–Kier alpha value is -2.60. The molecule has 0 saturated carbocycles. The fraction of sp³-hybridized carbons (Fsp3) is 0.417. The molecule has 0 bridgehead atoms. The van der Waals surface area contributed by atoms with E-state index < -0.39 is 17.4 Å². The van der Waals surface area contributed by atoms with Crippen molar-refractivity contribution in [2.24, 2.45) is 0 Å². The molecule has 0 aliphatic rings. The van der Waals surface area contributed by atoms with Crippen molar-refractivity contribution in [1.29, 1.82) is 0 Å². The highest BCUT2D eigenvalue weighted by atomic mass is 35.5. The fourth-order valence-electron chi connectivity index (χ4n) is 3.29. The highest BCUT2D eigenvalue weighted by molar-refractivity contribution is 6.31. The number of nitrogens with zero attached hydrogens (tertiary/aromatic N) is 1. The van der Waals surface area contributed by atoms with Crippen LogP contribution in [0.3, 0.4) is 0 Å². The van der Waals surface area contributed by atoms with Crippen molar-refractivity contribution in [3.05, 3.63) is 64.4 Å². The second kappa shape index (κ2) is 10.6. The molecule has 1 N–H and O–H groups in total. The predicted molar refractivity (Wildman–Crippen MR) is 121 cm³/mol. The molecular weight excluding hydrogens is 419 g/mol. The van der Waals surface area contributed by atoms with Crippen LogP contribution in [0.15, 0.2) is 42.5 Å². The highest BCUT2D eigenvalue weighted by Crippen LogP contribution is 2.23. The number of hydrogen-bond donors (Lipinski definition) is 1. The molecule has 31 heavy (non-hydrogen) atoms. The number of nitrogens with one attached hydrogen (secondary N) is 1. The Morgan fingerprint density at radius 1 is 1.19 bits per heavy atom. The van der Waals surface area contributed by atoms with Crippen LogP contribution in [0.2, 0.25) is 5.02 Å². The fourth-order valence-corrected chi connectivity index (χ4v) is 3.52. The monoisotopic (exact) mass is 448 g/mol. The Bertz CT molecular complexity index is 907. The van der Waals surface area contributed by atoms with Gasteiger partial charge in [-0.3, -0.25) is 9.59 Å². The number of amides is 2. The van der Waals surface area contributed by atoms with Gasteiger partial charge in [-0.15, -0.1) is 0 Å². The molecule has 2 aromatic carbocycles. The summed E-state index contributed by atoms with van der Waals surface area (Å²) in [5.74, 6) is -0.541. The number of ether oxygens (including phenoxy) is 1. The average molecular weight is 449 g/mol. The number of benzene rings is 2. The van der Waals surface area contributed by atoms with Gasteiger partial charge in [-0.1, -0.05) is 36.7 Å². The minimum Gasteiger partial charge on any atom is -0.497 e. The van der Waals surface area contributed by atoms with Gasteiger partial charge < -0.3 is 15.0 Å². The molecular formula is C24H30ClFN2O3. The topological polar surface area (TPSA) is 58.6 Å². The van der Waals surface area contributed by atoms with E-state index in [-0.39, 0.29) is 35.4 Å². The first-order valence-corrected chi connectivity index (χ1v) is 10.6. The van der Waals surface area contributed by atoms with Crippen molar-refractivity contribution in [3.8, 4) is 5.75 Å². The van der Waals surface area contributed by atoms with Gasteiger partial charge in [0.25, 0.3) is 0 Å². The summed E-state index contributed by atoms with van der Waals surface area (Å²) in [7, 11) is 1.56. The van der Waals surface area contributed by atoms with E-state index in [2.05, 4.69) is 5.32 Å². The van der Waals surface area contributed by atoms with Gasteiger partial charge in [-0.2, -0.15) is 0 Å². The number of methoxy groups -OCH3 is 1. The summed E-state index contributed by atoms with van der Waals surface area (Å²) in [6, 6.07) is 10.9. The van der Waals surface area contributed by atoms with E-state index in [1.807, 2.05) is 45.9 Å². The van der Waals surface area contributed by atoms with E-state index in [1.54, 1.807) is 19.2 Å². The van der Waals surface area contributed by atoms with Gasteiger partial charge in [0.2, 0.25) is 11.8 Å². The van der Waals surface area contributed by atoms with Crippen LogP contribution in [-0.2, 0) is 22.6 Å². The van der Waals surface area contributed by atoms with Crippen LogP contribution in [0.1, 0.15) is 45.2 Å². The summed E-state index contributed by atoms with van der Waals surface area (Å²) in [6.07, 6.45) is 0.164. The molecule has 2 amide bonds. The maximum Gasteiger partial charge on any atom is 0.243 e. The number of carbonyl (C=O) groups is 2. The number of rotatable bonds is 8. The lowest BCUT2D eigenvalue weighted by Gasteiger charge is -2.33. The molecule has 2 aromatic rings. The smallest absolute Gasteiger partial charge is 0.243 e. The zero-order chi connectivity index (χ0) is 23.2. The van der Waals surface area contributed by atoms with Crippen molar-refractivity contribution in [1.82, 2.24) is 10.2 Å². The van der Waals surface area contributed by atoms with Crippen LogP contribution >= 0.6 is 11.6 Å². The summed E-state index contributed by atoms with van der Waals surface area (Å²) in [6.45, 7) is 7.66. The number of halogens is 2. The highest BCUT2D eigenvalue weighted by Gasteiger charge is 2.31. The van der Waals surface area contributed by atoms with Crippen LogP contribution in [0.25, 0.3) is 0 Å². The molecule has 0 unspecified atom stereocenters. The molecule has 0 saturated heterocycles. The largest absolute Gasteiger partial charge is 0.497 e. The van der Waals surface area contributed by atoms with Gasteiger partial charge in [0.1, 0.15) is 17.6 Å². The first-order chi connectivity index (χ1) is 14.6. The SMILES string of the molecule is CC[C@H](C(=O)NC(C)(C)C)N(Cc1cccc(OC)c1)C(=O)Cc1c(F)cccc1Cl. The molecule has 5 nitrogen and oxygen atoms in total. The maximum atomic E-state index is 14.3. The van der Waals surface area contributed by atoms with Crippen LogP contribution < -0.4 is 10.1 Å². The third kappa shape index (κ3) is 6.96. The molecule has 0 spiro atoms. The summed E-state index contributed by atoms with van der Waals surface area (Å²) in [5.41, 5.74) is 0.467. The molecule has 0 radical (unpaired) electrons. The van der Waals surface area contributed by atoms with Crippen molar-refractivity contribution in [2.45, 2.75) is 58.7 Å². The van der Waals surface area contributed by atoms with Gasteiger partial charge in [0.05, 0.1) is 13.5 Å². The first kappa shape index (κ1) is 24.7. The molecule has 7 heteroatoms. The summed E-state index contributed by atoms with van der Waals surface area (Å²) in [4.78, 5) is 27.8. The molecule has 2 rings (SSSR count). The second-order valence-electron chi connectivity index (χ2n) is 8.41. The molecule has 0 fully saturated rings. The van der Waals surface area contributed by atoms with Crippen molar-refractivity contribution in [3.63, 3.8) is 0 Å². The Morgan fingerprint density at radius 3 is 2.45 bits per heavy atom. The lowest BCUT2D eigenvalue weighted by molar-refractivity contribution is -0.141. The molecule has 0 aliphatic heterocycles. The summed E-state index contributed by atoms with van der Waals surface area (Å²) < 4.78 is 19.6. The Balaban J connectivity index is 2.39.